The fourth-order valence-corrected chi connectivity index (χ4v) is 11.7. The van der Waals surface area contributed by atoms with Gasteiger partial charge in [-0.2, -0.15) is 0 Å². The summed E-state index contributed by atoms with van der Waals surface area (Å²) in [5.74, 6) is -10.2. The molecule has 540 valence electrons. The van der Waals surface area contributed by atoms with E-state index in [4.69, 9.17) is 14.2 Å². The van der Waals surface area contributed by atoms with Crippen molar-refractivity contribution in [3.05, 3.63) is 12.2 Å². The first kappa shape index (κ1) is 85.8. The Hall–Kier alpha value is -6.25. The standard InChI is InChI=1S/C68H123N11O15/c1-26-30-32-44(15)58(81)57-62(85)71-48(27-2)64(87)73(19)38-52(80)77(23)56(47(18)94-34-31-33-53(92-28-3)93-29-4)61(84)72-54(42(11)12)67(90)74(20)49(35-39(5)6)60(83)69-45(16)59(82)70-46(17)63(86)75(21)50(36-40(7)8)65(88)76(22)51(37-41(9)10)66(89)78(24)55(43(13)14)68(91)79(57)25/h26,30,39-51,53-58,81H,27-29,31-38H2,1-25H3,(H,69,83)(H,70,82)(H,71,85)(H,72,84)/b30-26+/t44-,45+,46-,47-,48+,49+,50+,51-,54+,55+,56+,57+,58-/m1/s1. The van der Waals surface area contributed by atoms with Gasteiger partial charge in [0.15, 0.2) is 6.29 Å². The molecule has 0 unspecified atom stereocenters. The molecule has 0 radical (unpaired) electrons. The summed E-state index contributed by atoms with van der Waals surface area (Å²) >= 11 is 0. The maximum absolute atomic E-state index is 15.2. The van der Waals surface area contributed by atoms with Gasteiger partial charge in [-0.15, -0.1) is 0 Å². The second kappa shape index (κ2) is 41.0. The van der Waals surface area contributed by atoms with Crippen molar-refractivity contribution in [3.8, 4) is 0 Å². The number of likely N-dealkylation sites (N-methyl/N-ethyl adjacent to an activating group) is 7. The van der Waals surface area contributed by atoms with Crippen LogP contribution in [0.15, 0.2) is 12.2 Å². The number of allylic oxidation sites excluding steroid dienone is 2. The number of amides is 11. The molecule has 0 aromatic heterocycles. The maximum Gasteiger partial charge on any atom is 0.246 e. The zero-order valence-electron chi connectivity index (χ0n) is 61.7. The van der Waals surface area contributed by atoms with E-state index < -0.39 is 168 Å². The highest BCUT2D eigenvalue weighted by atomic mass is 16.7. The Morgan fingerprint density at radius 2 is 0.968 bits per heavy atom. The number of aliphatic hydroxyl groups is 1. The van der Waals surface area contributed by atoms with Gasteiger partial charge in [-0.25, -0.2) is 0 Å². The average Bonchev–Trinajstić information content (AvgIpc) is 0.825. The highest BCUT2D eigenvalue weighted by Crippen LogP contribution is 2.26. The Balaban J connectivity index is 4.40. The molecule has 0 saturated carbocycles. The fourth-order valence-electron chi connectivity index (χ4n) is 11.7. The van der Waals surface area contributed by atoms with E-state index in [0.717, 1.165) is 14.7 Å². The molecule has 13 atom stereocenters. The molecule has 11 amide bonds. The largest absolute Gasteiger partial charge is 0.390 e. The van der Waals surface area contributed by atoms with Crippen molar-refractivity contribution in [3.63, 3.8) is 0 Å². The van der Waals surface area contributed by atoms with Gasteiger partial charge in [0.25, 0.3) is 0 Å². The number of hydrogen-bond donors (Lipinski definition) is 5. The van der Waals surface area contributed by atoms with E-state index in [-0.39, 0.29) is 50.0 Å². The molecule has 26 nitrogen and oxygen atoms in total. The third-order valence-corrected chi connectivity index (χ3v) is 17.4. The summed E-state index contributed by atoms with van der Waals surface area (Å²) in [4.78, 5) is 171. The van der Waals surface area contributed by atoms with Crippen molar-refractivity contribution in [1.82, 2.24) is 55.6 Å². The van der Waals surface area contributed by atoms with Crippen LogP contribution in [0.2, 0.25) is 0 Å². The molecule has 1 heterocycles. The Morgan fingerprint density at radius 3 is 1.45 bits per heavy atom. The lowest BCUT2D eigenvalue weighted by Crippen LogP contribution is -2.63. The minimum Gasteiger partial charge on any atom is -0.390 e. The number of carbonyl (C=O) groups is 11. The van der Waals surface area contributed by atoms with Gasteiger partial charge in [-0.3, -0.25) is 52.7 Å². The van der Waals surface area contributed by atoms with Crippen LogP contribution in [-0.2, 0) is 67.0 Å². The van der Waals surface area contributed by atoms with Gasteiger partial charge in [0.2, 0.25) is 65.0 Å². The summed E-state index contributed by atoms with van der Waals surface area (Å²) in [6.07, 6.45) is 2.06. The number of ether oxygens (including phenoxy) is 3. The van der Waals surface area contributed by atoms with Crippen LogP contribution in [0.5, 0.6) is 0 Å². The van der Waals surface area contributed by atoms with E-state index in [0.29, 0.717) is 32.5 Å². The van der Waals surface area contributed by atoms with Crippen LogP contribution in [0.25, 0.3) is 0 Å². The second-order valence-corrected chi connectivity index (χ2v) is 27.5. The van der Waals surface area contributed by atoms with Crippen LogP contribution in [0, 0.1) is 35.5 Å². The molecule has 1 aliphatic rings. The van der Waals surface area contributed by atoms with Gasteiger partial charge in [0, 0.05) is 75.6 Å². The summed E-state index contributed by atoms with van der Waals surface area (Å²) in [5, 5.41) is 23.2. The first-order chi connectivity index (χ1) is 43.7. The van der Waals surface area contributed by atoms with E-state index in [1.807, 2.05) is 55.4 Å². The lowest BCUT2D eigenvalue weighted by molar-refractivity contribution is -0.157. The van der Waals surface area contributed by atoms with Crippen LogP contribution in [0.4, 0.5) is 0 Å². The van der Waals surface area contributed by atoms with E-state index in [1.54, 1.807) is 67.5 Å². The topological polar surface area (TPSA) is 306 Å². The smallest absolute Gasteiger partial charge is 0.246 e. The van der Waals surface area contributed by atoms with Gasteiger partial charge in [0.1, 0.15) is 60.4 Å². The molecule has 26 heteroatoms. The van der Waals surface area contributed by atoms with Crippen LogP contribution in [0.1, 0.15) is 170 Å². The maximum atomic E-state index is 15.2. The van der Waals surface area contributed by atoms with Gasteiger partial charge < -0.3 is 74.9 Å². The molecule has 1 rings (SSSR count). The van der Waals surface area contributed by atoms with E-state index in [9.17, 15) is 43.5 Å². The van der Waals surface area contributed by atoms with Crippen LogP contribution >= 0.6 is 0 Å². The summed E-state index contributed by atoms with van der Waals surface area (Å²) in [5.41, 5.74) is 0. The van der Waals surface area contributed by atoms with Crippen molar-refractivity contribution >= 4 is 65.0 Å². The number of rotatable bonds is 23. The molecule has 0 spiro atoms. The number of nitrogens with one attached hydrogen (secondary N) is 4. The fraction of sp³-hybridized carbons (Fsp3) is 0.809. The number of carbonyl (C=O) groups excluding carboxylic acids is 11. The summed E-state index contributed by atoms with van der Waals surface area (Å²) in [6, 6.07) is -13.0. The quantitative estimate of drug-likeness (QED) is 0.0552. The van der Waals surface area contributed by atoms with Crippen molar-refractivity contribution in [2.24, 2.45) is 35.5 Å². The molecular formula is C68H123N11O15. The Morgan fingerprint density at radius 1 is 0.500 bits per heavy atom. The molecule has 1 fully saturated rings. The molecule has 5 N–H and O–H groups in total. The Kier molecular flexibility index (Phi) is 37.4. The normalized spacial score (nSPS) is 25.8. The van der Waals surface area contributed by atoms with E-state index in [2.05, 4.69) is 21.3 Å². The monoisotopic (exact) mass is 1330 g/mol. The number of nitrogens with zero attached hydrogens (tertiary/aromatic N) is 7. The Bertz CT molecular complexity index is 2510. The lowest BCUT2D eigenvalue weighted by Gasteiger charge is -2.41. The molecule has 0 aromatic rings. The molecule has 0 aliphatic carbocycles. The zero-order chi connectivity index (χ0) is 72.5. The van der Waals surface area contributed by atoms with Crippen molar-refractivity contribution < 1.29 is 72.1 Å². The summed E-state index contributed by atoms with van der Waals surface area (Å²) in [7, 11) is 9.79. The molecule has 94 heavy (non-hydrogen) atoms. The van der Waals surface area contributed by atoms with Crippen LogP contribution in [-0.4, -0.2) is 259 Å². The highest BCUT2D eigenvalue weighted by molar-refractivity contribution is 5.99. The number of hydrogen-bond acceptors (Lipinski definition) is 15. The predicted molar refractivity (Wildman–Crippen MR) is 361 cm³/mol. The van der Waals surface area contributed by atoms with E-state index >= 15 is 14.4 Å². The average molecular weight is 1330 g/mol. The first-order valence-electron chi connectivity index (χ1n) is 33.9. The molecule has 0 bridgehead atoms. The first-order valence-corrected chi connectivity index (χ1v) is 33.9. The van der Waals surface area contributed by atoms with Gasteiger partial charge in [-0.1, -0.05) is 95.2 Å². The molecule has 1 aliphatic heterocycles. The molecular weight excluding hydrogens is 1210 g/mol. The van der Waals surface area contributed by atoms with Crippen molar-refractivity contribution in [2.45, 2.75) is 248 Å². The highest BCUT2D eigenvalue weighted by Gasteiger charge is 2.46. The van der Waals surface area contributed by atoms with Crippen molar-refractivity contribution in [1.29, 1.82) is 0 Å². The SMILES string of the molecule is C/C=C/C[C@@H](C)[C@@H](O)[C@H]1C(=O)N[C@@H](CC)C(=O)N(C)CC(=O)N(C)[C@@H]([C@@H](C)OCCCC(OCC)OCC)C(=O)N[C@@H](C(C)C)C(=O)N(C)[C@@H](CC(C)C)C(=O)N[C@@H](C)C(=O)N[C@H](C)C(=O)N(C)[C@@H](CC(C)C)C(=O)N(C)[C@H](CC(C)C)C(=O)N(C)[C@@H](C(C)C)C(=O)N1C. The zero-order valence-corrected chi connectivity index (χ0v) is 61.7. The lowest BCUT2D eigenvalue weighted by atomic mass is 9.91. The minimum atomic E-state index is -1.64. The third kappa shape index (κ3) is 25.1. The predicted octanol–water partition coefficient (Wildman–Crippen LogP) is 3.81. The summed E-state index contributed by atoms with van der Waals surface area (Å²) in [6.45, 7) is 31.6. The van der Waals surface area contributed by atoms with Gasteiger partial charge in [-0.05, 0) is 116 Å². The summed E-state index contributed by atoms with van der Waals surface area (Å²) < 4.78 is 17.7. The molecule has 0 aromatic carbocycles. The van der Waals surface area contributed by atoms with Crippen molar-refractivity contribution in [2.75, 3.05) is 75.7 Å². The second-order valence-electron chi connectivity index (χ2n) is 27.5. The molecule has 1 saturated heterocycles. The minimum absolute atomic E-state index is 0.0139. The van der Waals surface area contributed by atoms with Crippen LogP contribution in [0.3, 0.4) is 0 Å². The Labute approximate surface area is 562 Å². The van der Waals surface area contributed by atoms with Crippen LogP contribution < -0.4 is 21.3 Å². The van der Waals surface area contributed by atoms with Gasteiger partial charge >= 0.3 is 0 Å². The number of aliphatic hydroxyl groups excluding tert-OH is 1. The third-order valence-electron chi connectivity index (χ3n) is 17.4. The van der Waals surface area contributed by atoms with E-state index in [1.165, 1.54) is 82.8 Å². The van der Waals surface area contributed by atoms with Gasteiger partial charge in [0.05, 0.1) is 18.8 Å².